The van der Waals surface area contributed by atoms with Crippen LogP contribution in [0.4, 0.5) is 0 Å². The molecule has 6 heteroatoms. The molecule has 4 N–H and O–H groups in total. The van der Waals surface area contributed by atoms with Gasteiger partial charge in [-0.25, -0.2) is 0 Å². The summed E-state index contributed by atoms with van der Waals surface area (Å²) in [5, 5.41) is 14.0. The highest BCUT2D eigenvalue weighted by Gasteiger charge is 1.92. The van der Waals surface area contributed by atoms with Crippen LogP contribution in [0.25, 0.3) is 0 Å². The first-order valence-electron chi connectivity index (χ1n) is 8.72. The fraction of sp³-hybridized carbons (Fsp3) is 1.00. The lowest BCUT2D eigenvalue weighted by Gasteiger charge is -2.07. The molecule has 0 spiro atoms. The number of hydrogen-bond acceptors (Lipinski definition) is 6. The minimum Gasteiger partial charge on any atom is -0.317 e. The quantitative estimate of drug-likeness (QED) is 0.266. The highest BCUT2D eigenvalue weighted by atomic mass is 32.2. The summed E-state index contributed by atoms with van der Waals surface area (Å²) in [5.74, 6) is 2.43. The van der Waals surface area contributed by atoms with E-state index < -0.39 is 0 Å². The van der Waals surface area contributed by atoms with E-state index in [1.54, 1.807) is 0 Å². The Kier molecular flexibility index (Phi) is 22.1. The average Bonchev–Trinajstić information content (AvgIpc) is 2.54. The van der Waals surface area contributed by atoms with Gasteiger partial charge in [-0.2, -0.15) is 23.5 Å². The molecule has 22 heavy (non-hydrogen) atoms. The minimum absolute atomic E-state index is 1.14. The summed E-state index contributed by atoms with van der Waals surface area (Å²) in [6, 6.07) is 0. The van der Waals surface area contributed by atoms with Gasteiger partial charge in [0.05, 0.1) is 0 Å². The van der Waals surface area contributed by atoms with Crippen LogP contribution >= 0.6 is 23.5 Å². The smallest absolute Gasteiger partial charge is 0.00553 e. The zero-order valence-corrected chi connectivity index (χ0v) is 16.3. The Morgan fingerprint density at radius 1 is 0.455 bits per heavy atom. The molecule has 0 saturated heterocycles. The van der Waals surface area contributed by atoms with Crippen molar-refractivity contribution in [1.29, 1.82) is 0 Å². The third-order valence-corrected chi connectivity index (χ3v) is 4.56. The molecule has 0 rings (SSSR count). The predicted molar refractivity (Wildman–Crippen MR) is 107 cm³/mol. The molecule has 0 aliphatic carbocycles. The first-order valence-corrected chi connectivity index (χ1v) is 11.5. The van der Waals surface area contributed by atoms with Crippen molar-refractivity contribution in [3.05, 3.63) is 0 Å². The Hall–Kier alpha value is 0.540. The molecule has 0 fully saturated rings. The summed E-state index contributed by atoms with van der Waals surface area (Å²) in [5.41, 5.74) is 0. The summed E-state index contributed by atoms with van der Waals surface area (Å²) >= 11 is 3.80. The molecule has 0 unspecified atom stereocenters. The highest BCUT2D eigenvalue weighted by Crippen LogP contribution is 1.88. The normalized spacial score (nSPS) is 11.2. The summed E-state index contributed by atoms with van der Waals surface area (Å²) in [6.07, 6.45) is 9.33. The van der Waals surface area contributed by atoms with E-state index in [1.165, 1.54) is 37.2 Å². The first-order chi connectivity index (χ1) is 10.9. The van der Waals surface area contributed by atoms with Crippen LogP contribution < -0.4 is 21.3 Å². The summed E-state index contributed by atoms with van der Waals surface area (Å²) in [6.45, 7) is 9.15. The summed E-state index contributed by atoms with van der Waals surface area (Å²) < 4.78 is 0. The molecule has 0 bridgehead atoms. The molecule has 0 heterocycles. The maximum Gasteiger partial charge on any atom is 0.00553 e. The van der Waals surface area contributed by atoms with E-state index in [2.05, 4.69) is 33.8 Å². The SMILES string of the molecule is CSCCNCCCNCCCCNCCCNCCSC. The number of nitrogens with one attached hydrogen (secondary N) is 4. The molecule has 0 radical (unpaired) electrons. The molecule has 0 aliphatic heterocycles. The van der Waals surface area contributed by atoms with Gasteiger partial charge in [-0.1, -0.05) is 0 Å². The lowest BCUT2D eigenvalue weighted by Crippen LogP contribution is -2.25. The molecule has 0 atom stereocenters. The Balaban J connectivity index is 2.91. The van der Waals surface area contributed by atoms with Crippen molar-refractivity contribution >= 4 is 23.5 Å². The van der Waals surface area contributed by atoms with Gasteiger partial charge in [0.1, 0.15) is 0 Å². The van der Waals surface area contributed by atoms with E-state index >= 15 is 0 Å². The molecule has 0 aliphatic rings. The Morgan fingerprint density at radius 3 is 1.14 bits per heavy atom. The van der Waals surface area contributed by atoms with Gasteiger partial charge < -0.3 is 21.3 Å². The third kappa shape index (κ3) is 20.5. The van der Waals surface area contributed by atoms with Crippen LogP contribution in [0.2, 0.25) is 0 Å². The van der Waals surface area contributed by atoms with Gasteiger partial charge >= 0.3 is 0 Å². The van der Waals surface area contributed by atoms with Crippen LogP contribution in [0.3, 0.4) is 0 Å². The highest BCUT2D eigenvalue weighted by molar-refractivity contribution is 7.98. The van der Waals surface area contributed by atoms with Gasteiger partial charge in [0.2, 0.25) is 0 Å². The second-order valence-corrected chi connectivity index (χ2v) is 7.37. The molecular formula is C16H38N4S2. The number of hydrogen-bond donors (Lipinski definition) is 4. The summed E-state index contributed by atoms with van der Waals surface area (Å²) in [7, 11) is 0. The molecule has 0 saturated carbocycles. The standard InChI is InChI=1S/C16H38N4S2/c1-21-15-13-19-11-5-9-17-7-3-4-8-18-10-6-12-20-14-16-22-2/h17-20H,3-16H2,1-2H3. The Labute approximate surface area is 147 Å². The van der Waals surface area contributed by atoms with Crippen LogP contribution in [0.15, 0.2) is 0 Å². The fourth-order valence-electron chi connectivity index (χ4n) is 2.03. The van der Waals surface area contributed by atoms with Crippen LogP contribution in [-0.4, -0.2) is 76.4 Å². The Morgan fingerprint density at radius 2 is 0.773 bits per heavy atom. The van der Waals surface area contributed by atoms with E-state index in [9.17, 15) is 0 Å². The third-order valence-electron chi connectivity index (χ3n) is 3.34. The molecule has 134 valence electrons. The van der Waals surface area contributed by atoms with Gasteiger partial charge in [-0.05, 0) is 77.5 Å². The van der Waals surface area contributed by atoms with Crippen molar-refractivity contribution in [2.75, 3.05) is 76.4 Å². The van der Waals surface area contributed by atoms with E-state index in [4.69, 9.17) is 0 Å². The maximum absolute atomic E-state index is 3.52. The molecule has 0 aromatic rings. The van der Waals surface area contributed by atoms with Gasteiger partial charge in [-0.15, -0.1) is 0 Å². The number of rotatable bonds is 19. The fourth-order valence-corrected chi connectivity index (χ4v) is 2.72. The number of unbranched alkanes of at least 4 members (excludes halogenated alkanes) is 1. The largest absolute Gasteiger partial charge is 0.317 e. The molecule has 0 aromatic heterocycles. The van der Waals surface area contributed by atoms with E-state index in [-0.39, 0.29) is 0 Å². The maximum atomic E-state index is 3.52. The van der Waals surface area contributed by atoms with Crippen molar-refractivity contribution < 1.29 is 0 Å². The number of thioether (sulfide) groups is 2. The first kappa shape index (κ1) is 22.5. The second kappa shape index (κ2) is 21.5. The van der Waals surface area contributed by atoms with Crippen molar-refractivity contribution in [2.45, 2.75) is 25.7 Å². The van der Waals surface area contributed by atoms with Crippen LogP contribution in [0.5, 0.6) is 0 Å². The van der Waals surface area contributed by atoms with Crippen molar-refractivity contribution in [3.8, 4) is 0 Å². The van der Waals surface area contributed by atoms with E-state index in [1.807, 2.05) is 23.5 Å². The molecular weight excluding hydrogens is 312 g/mol. The van der Waals surface area contributed by atoms with Crippen molar-refractivity contribution in [1.82, 2.24) is 21.3 Å². The van der Waals surface area contributed by atoms with Gasteiger partial charge in [0, 0.05) is 24.6 Å². The molecule has 0 amide bonds. The topological polar surface area (TPSA) is 48.1 Å². The Bertz CT molecular complexity index is 177. The lowest BCUT2D eigenvalue weighted by molar-refractivity contribution is 0.552. The van der Waals surface area contributed by atoms with Gasteiger partial charge in [0.15, 0.2) is 0 Å². The predicted octanol–water partition coefficient (Wildman–Crippen LogP) is 1.63. The lowest BCUT2D eigenvalue weighted by atomic mass is 10.3. The zero-order valence-electron chi connectivity index (χ0n) is 14.7. The zero-order chi connectivity index (χ0) is 16.1. The molecule has 4 nitrogen and oxygen atoms in total. The average molecular weight is 351 g/mol. The van der Waals surface area contributed by atoms with Crippen LogP contribution in [0, 0.1) is 0 Å². The van der Waals surface area contributed by atoms with E-state index in [0.29, 0.717) is 0 Å². The van der Waals surface area contributed by atoms with Gasteiger partial charge in [0.25, 0.3) is 0 Å². The van der Waals surface area contributed by atoms with Crippen molar-refractivity contribution in [2.24, 2.45) is 0 Å². The molecule has 0 aromatic carbocycles. The van der Waals surface area contributed by atoms with Crippen LogP contribution in [0.1, 0.15) is 25.7 Å². The van der Waals surface area contributed by atoms with E-state index in [0.717, 1.165) is 52.4 Å². The van der Waals surface area contributed by atoms with Crippen molar-refractivity contribution in [3.63, 3.8) is 0 Å². The summed E-state index contributed by atoms with van der Waals surface area (Å²) in [4.78, 5) is 0. The monoisotopic (exact) mass is 350 g/mol. The van der Waals surface area contributed by atoms with Gasteiger partial charge in [-0.3, -0.25) is 0 Å². The second-order valence-electron chi connectivity index (χ2n) is 5.40. The van der Waals surface area contributed by atoms with Crippen LogP contribution in [-0.2, 0) is 0 Å². The minimum atomic E-state index is 1.14.